The number of nitrogens with zero attached hydrogens (tertiary/aromatic N) is 4. The number of rotatable bonds is 5. The number of benzene rings is 7. The summed E-state index contributed by atoms with van der Waals surface area (Å²) in [6.45, 7) is 0. The Morgan fingerprint density at radius 3 is 1.75 bits per heavy atom. The molecular weight excluding hydrogens is 629 g/mol. The molecule has 6 heteroatoms. The van der Waals surface area contributed by atoms with Crippen molar-refractivity contribution in [1.29, 1.82) is 0 Å². The molecule has 0 amide bonds. The van der Waals surface area contributed by atoms with Gasteiger partial charge in [-0.05, 0) is 54.1 Å². The van der Waals surface area contributed by atoms with Crippen LogP contribution in [0.1, 0.15) is 0 Å². The van der Waals surface area contributed by atoms with Crippen LogP contribution in [0.5, 0.6) is 11.5 Å². The van der Waals surface area contributed by atoms with Crippen LogP contribution in [0.4, 0.5) is 17.1 Å². The lowest BCUT2D eigenvalue weighted by Crippen LogP contribution is -2.15. The van der Waals surface area contributed by atoms with Crippen molar-refractivity contribution in [3.05, 3.63) is 170 Å². The number of anilines is 3. The van der Waals surface area contributed by atoms with Crippen LogP contribution < -0.4 is 9.64 Å². The second kappa shape index (κ2) is 11.8. The average molecular weight is 657 g/mol. The second-order valence-electron chi connectivity index (χ2n) is 12.5. The second-order valence-corrected chi connectivity index (χ2v) is 12.5. The van der Waals surface area contributed by atoms with Gasteiger partial charge >= 0.3 is 0 Å². The van der Waals surface area contributed by atoms with Gasteiger partial charge in [-0.25, -0.2) is 15.0 Å². The van der Waals surface area contributed by atoms with Crippen LogP contribution >= 0.6 is 0 Å². The summed E-state index contributed by atoms with van der Waals surface area (Å²) >= 11 is 0. The van der Waals surface area contributed by atoms with Crippen LogP contribution in [-0.4, -0.2) is 15.0 Å². The summed E-state index contributed by atoms with van der Waals surface area (Å²) in [5.41, 5.74) is 9.33. The number of hydrogen-bond donors (Lipinski definition) is 0. The normalized spacial score (nSPS) is 12.0. The van der Waals surface area contributed by atoms with Crippen molar-refractivity contribution in [2.24, 2.45) is 0 Å². The van der Waals surface area contributed by atoms with Gasteiger partial charge in [-0.1, -0.05) is 121 Å². The lowest BCUT2D eigenvalue weighted by Gasteiger charge is -2.33. The van der Waals surface area contributed by atoms with Gasteiger partial charge in [-0.15, -0.1) is 0 Å². The Morgan fingerprint density at radius 2 is 1.02 bits per heavy atom. The molecule has 10 rings (SSSR count). The lowest BCUT2D eigenvalue weighted by molar-refractivity contribution is 0.477. The van der Waals surface area contributed by atoms with Gasteiger partial charge in [-0.3, -0.25) is 0 Å². The first-order valence-corrected chi connectivity index (χ1v) is 16.9. The minimum Gasteiger partial charge on any atom is -0.455 e. The lowest BCUT2D eigenvalue weighted by atomic mass is 10.00. The zero-order valence-electron chi connectivity index (χ0n) is 27.3. The molecule has 0 atom stereocenters. The molecule has 0 fully saturated rings. The molecule has 0 saturated heterocycles. The first-order chi connectivity index (χ1) is 25.3. The van der Waals surface area contributed by atoms with E-state index in [9.17, 15) is 0 Å². The van der Waals surface area contributed by atoms with Gasteiger partial charge < -0.3 is 14.1 Å². The SMILES string of the molecule is c1ccc(-c2nc(-c3ccccc3)nc(-c3ccc4c(c3)oc3c(-c5ccc6c(c5)N(c5ccccc5)c5ccccc5O6)cccc34)n2)cc1. The fourth-order valence-corrected chi connectivity index (χ4v) is 6.88. The summed E-state index contributed by atoms with van der Waals surface area (Å²) in [6, 6.07) is 57.4. The smallest absolute Gasteiger partial charge is 0.164 e. The van der Waals surface area contributed by atoms with E-state index in [0.29, 0.717) is 17.5 Å². The van der Waals surface area contributed by atoms with E-state index >= 15 is 0 Å². The Balaban J connectivity index is 1.10. The highest BCUT2D eigenvalue weighted by atomic mass is 16.5. The molecule has 0 spiro atoms. The highest BCUT2D eigenvalue weighted by Gasteiger charge is 2.26. The van der Waals surface area contributed by atoms with Gasteiger partial charge in [0, 0.05) is 38.7 Å². The van der Waals surface area contributed by atoms with Crippen LogP contribution in [-0.2, 0) is 0 Å². The van der Waals surface area contributed by atoms with E-state index in [-0.39, 0.29) is 0 Å². The van der Waals surface area contributed by atoms with Gasteiger partial charge in [0.1, 0.15) is 11.2 Å². The zero-order valence-corrected chi connectivity index (χ0v) is 27.3. The molecule has 2 aromatic heterocycles. The highest BCUT2D eigenvalue weighted by molar-refractivity contribution is 6.10. The summed E-state index contributed by atoms with van der Waals surface area (Å²) in [6.07, 6.45) is 0. The van der Waals surface area contributed by atoms with E-state index in [0.717, 1.165) is 78.3 Å². The van der Waals surface area contributed by atoms with Crippen molar-refractivity contribution in [2.75, 3.05) is 4.90 Å². The number of furan rings is 1. The van der Waals surface area contributed by atoms with Gasteiger partial charge in [0.25, 0.3) is 0 Å². The Bertz CT molecular complexity index is 2670. The van der Waals surface area contributed by atoms with Crippen molar-refractivity contribution in [2.45, 2.75) is 0 Å². The van der Waals surface area contributed by atoms with Crippen LogP contribution in [0.25, 0.3) is 67.2 Å². The standard InChI is InChI=1S/C45H28N4O2/c1-4-13-29(14-5-1)43-46-44(30-15-6-2-7-16-30)48-45(47-43)32-23-25-35-36-20-12-19-34(42(36)51-41(35)28-32)31-24-26-40-38(27-31)49(33-17-8-3-9-18-33)37-21-10-11-22-39(37)50-40/h1-28H. The van der Waals surface area contributed by atoms with Crippen LogP contribution in [0.3, 0.4) is 0 Å². The third-order valence-corrected chi connectivity index (χ3v) is 9.31. The van der Waals surface area contributed by atoms with Crippen molar-refractivity contribution >= 4 is 39.0 Å². The highest BCUT2D eigenvalue weighted by Crippen LogP contribution is 2.51. The van der Waals surface area contributed by atoms with Crippen molar-refractivity contribution < 1.29 is 9.15 Å². The Labute approximate surface area is 293 Å². The largest absolute Gasteiger partial charge is 0.455 e. The Morgan fingerprint density at radius 1 is 0.412 bits per heavy atom. The zero-order chi connectivity index (χ0) is 33.7. The topological polar surface area (TPSA) is 64.3 Å². The summed E-state index contributed by atoms with van der Waals surface area (Å²) in [5.74, 6) is 3.44. The van der Waals surface area contributed by atoms with E-state index in [2.05, 4.69) is 77.7 Å². The third-order valence-electron chi connectivity index (χ3n) is 9.31. The number of ether oxygens (including phenoxy) is 1. The molecule has 51 heavy (non-hydrogen) atoms. The molecule has 0 bridgehead atoms. The molecule has 3 heterocycles. The number of hydrogen-bond acceptors (Lipinski definition) is 6. The molecule has 0 unspecified atom stereocenters. The summed E-state index contributed by atoms with van der Waals surface area (Å²) < 4.78 is 13.1. The predicted octanol–water partition coefficient (Wildman–Crippen LogP) is 12.0. The van der Waals surface area contributed by atoms with Gasteiger partial charge in [-0.2, -0.15) is 0 Å². The van der Waals surface area contributed by atoms with Gasteiger partial charge in [0.15, 0.2) is 29.0 Å². The minimum atomic E-state index is 0.584. The molecule has 1 aliphatic heterocycles. The summed E-state index contributed by atoms with van der Waals surface area (Å²) in [7, 11) is 0. The third kappa shape index (κ3) is 5.01. The van der Waals surface area contributed by atoms with E-state index < -0.39 is 0 Å². The summed E-state index contributed by atoms with van der Waals surface area (Å²) in [5, 5.41) is 2.07. The Kier molecular flexibility index (Phi) is 6.70. The fraction of sp³-hybridized carbons (Fsp3) is 0. The molecule has 1 aliphatic rings. The van der Waals surface area contributed by atoms with E-state index in [4.69, 9.17) is 24.1 Å². The maximum Gasteiger partial charge on any atom is 0.164 e. The Hall–Kier alpha value is -7.05. The predicted molar refractivity (Wildman–Crippen MR) is 204 cm³/mol. The molecule has 0 radical (unpaired) electrons. The van der Waals surface area contributed by atoms with Crippen molar-refractivity contribution in [3.63, 3.8) is 0 Å². The van der Waals surface area contributed by atoms with E-state index in [1.807, 2.05) is 97.1 Å². The summed E-state index contributed by atoms with van der Waals surface area (Å²) in [4.78, 5) is 17.0. The van der Waals surface area contributed by atoms with E-state index in [1.165, 1.54) is 0 Å². The number of para-hydroxylation sites is 4. The van der Waals surface area contributed by atoms with Gasteiger partial charge in [0.05, 0.1) is 11.4 Å². The fourth-order valence-electron chi connectivity index (χ4n) is 6.88. The molecular formula is C45H28N4O2. The van der Waals surface area contributed by atoms with Crippen LogP contribution in [0.2, 0.25) is 0 Å². The quantitative estimate of drug-likeness (QED) is 0.184. The molecule has 9 aromatic rings. The van der Waals surface area contributed by atoms with Gasteiger partial charge in [0.2, 0.25) is 0 Å². The van der Waals surface area contributed by atoms with Crippen LogP contribution in [0, 0.1) is 0 Å². The number of fused-ring (bicyclic) bond motifs is 5. The van der Waals surface area contributed by atoms with Crippen LogP contribution in [0.15, 0.2) is 174 Å². The minimum absolute atomic E-state index is 0.584. The molecule has 0 saturated carbocycles. The molecule has 0 N–H and O–H groups in total. The van der Waals surface area contributed by atoms with Crippen molar-refractivity contribution in [3.8, 4) is 56.8 Å². The molecule has 6 nitrogen and oxygen atoms in total. The first kappa shape index (κ1) is 28.9. The molecule has 0 aliphatic carbocycles. The monoisotopic (exact) mass is 656 g/mol. The average Bonchev–Trinajstić information content (AvgIpc) is 3.59. The first-order valence-electron chi connectivity index (χ1n) is 16.9. The van der Waals surface area contributed by atoms with Crippen molar-refractivity contribution in [1.82, 2.24) is 15.0 Å². The maximum atomic E-state index is 6.73. The molecule has 240 valence electrons. The molecule has 7 aromatic carbocycles. The van der Waals surface area contributed by atoms with E-state index in [1.54, 1.807) is 0 Å². The number of aromatic nitrogens is 3. The maximum absolute atomic E-state index is 6.73.